The second-order valence-corrected chi connectivity index (χ2v) is 5.55. The van der Waals surface area contributed by atoms with Crippen molar-refractivity contribution in [2.45, 2.75) is 45.6 Å². The lowest BCUT2D eigenvalue weighted by molar-refractivity contribution is -0.110. The Balaban J connectivity index is 2.38. The molecular weight excluding hydrogens is 236 g/mol. The van der Waals surface area contributed by atoms with E-state index >= 15 is 0 Å². The maximum atomic E-state index is 11.6. The van der Waals surface area contributed by atoms with Crippen LogP contribution < -0.4 is 5.32 Å². The highest BCUT2D eigenvalue weighted by molar-refractivity contribution is 5.68. The molecule has 1 amide bonds. The summed E-state index contributed by atoms with van der Waals surface area (Å²) in [6.07, 6.45) is -1.88. The van der Waals surface area contributed by atoms with Gasteiger partial charge in [-0.05, 0) is 27.7 Å². The Morgan fingerprint density at radius 1 is 1.39 bits per heavy atom. The van der Waals surface area contributed by atoms with E-state index in [4.69, 9.17) is 9.47 Å². The van der Waals surface area contributed by atoms with Gasteiger partial charge in [-0.15, -0.1) is 0 Å². The highest BCUT2D eigenvalue weighted by atomic mass is 16.6. The van der Waals surface area contributed by atoms with Crippen LogP contribution in [-0.4, -0.2) is 60.3 Å². The number of rotatable bonds is 3. The number of ether oxygens (including phenoxy) is 2. The normalized spacial score (nSPS) is 21.2. The number of morpholine rings is 1. The molecule has 1 aliphatic rings. The minimum atomic E-state index is -0.792. The number of alkyl carbamates (subject to hydrolysis) is 1. The van der Waals surface area contributed by atoms with Gasteiger partial charge in [-0.1, -0.05) is 0 Å². The van der Waals surface area contributed by atoms with Crippen LogP contribution in [0.2, 0.25) is 0 Å². The molecule has 0 aromatic rings. The van der Waals surface area contributed by atoms with Gasteiger partial charge in [0.2, 0.25) is 0 Å². The summed E-state index contributed by atoms with van der Waals surface area (Å²) < 4.78 is 10.4. The minimum Gasteiger partial charge on any atom is -0.442 e. The van der Waals surface area contributed by atoms with Crippen LogP contribution in [0.25, 0.3) is 0 Å². The van der Waals surface area contributed by atoms with Gasteiger partial charge in [0, 0.05) is 18.6 Å². The van der Waals surface area contributed by atoms with E-state index in [2.05, 4.69) is 5.32 Å². The molecule has 106 valence electrons. The molecule has 1 saturated heterocycles. The van der Waals surface area contributed by atoms with Crippen molar-refractivity contribution < 1.29 is 19.4 Å². The number of hydrogen-bond donors (Lipinski definition) is 2. The van der Waals surface area contributed by atoms with Gasteiger partial charge in [-0.2, -0.15) is 0 Å². The second kappa shape index (κ2) is 6.36. The molecule has 1 rings (SSSR count). The molecular formula is C12H24N2O4. The van der Waals surface area contributed by atoms with Crippen LogP contribution in [0.1, 0.15) is 27.7 Å². The Kier molecular flexibility index (Phi) is 5.37. The molecule has 2 unspecified atom stereocenters. The number of nitrogens with one attached hydrogen (secondary N) is 1. The van der Waals surface area contributed by atoms with Gasteiger partial charge in [0.05, 0.1) is 13.2 Å². The Hall–Kier alpha value is -0.850. The van der Waals surface area contributed by atoms with Crippen LogP contribution in [0.3, 0.4) is 0 Å². The summed E-state index contributed by atoms with van der Waals surface area (Å²) in [5.41, 5.74) is -0.347. The summed E-state index contributed by atoms with van der Waals surface area (Å²) in [6, 6.07) is 0. The van der Waals surface area contributed by atoms with E-state index in [-0.39, 0.29) is 5.54 Å². The summed E-state index contributed by atoms with van der Waals surface area (Å²) in [5.74, 6) is 0. The zero-order valence-corrected chi connectivity index (χ0v) is 11.6. The average molecular weight is 260 g/mol. The first kappa shape index (κ1) is 15.2. The van der Waals surface area contributed by atoms with Crippen LogP contribution in [0.5, 0.6) is 0 Å². The molecule has 0 saturated carbocycles. The Morgan fingerprint density at radius 2 is 1.94 bits per heavy atom. The highest BCUT2D eigenvalue weighted by Gasteiger charge is 2.27. The summed E-state index contributed by atoms with van der Waals surface area (Å²) in [4.78, 5) is 13.4. The third kappa shape index (κ3) is 5.20. The van der Waals surface area contributed by atoms with Gasteiger partial charge < -0.3 is 19.9 Å². The number of amides is 1. The van der Waals surface area contributed by atoms with Crippen molar-refractivity contribution in [2.75, 3.05) is 26.3 Å². The first-order chi connectivity index (χ1) is 8.29. The lowest BCUT2D eigenvalue weighted by atomic mass is 10.1. The topological polar surface area (TPSA) is 71.0 Å². The van der Waals surface area contributed by atoms with Gasteiger partial charge in [0.1, 0.15) is 12.3 Å². The number of aliphatic hydroxyl groups excluding tert-OH is 1. The van der Waals surface area contributed by atoms with E-state index in [1.54, 1.807) is 6.92 Å². The third-order valence-electron chi connectivity index (χ3n) is 2.61. The second-order valence-electron chi connectivity index (χ2n) is 5.55. The van der Waals surface area contributed by atoms with E-state index in [0.717, 1.165) is 0 Å². The van der Waals surface area contributed by atoms with Crippen LogP contribution in [-0.2, 0) is 9.47 Å². The Labute approximate surface area is 108 Å². The fourth-order valence-corrected chi connectivity index (χ4v) is 1.70. The van der Waals surface area contributed by atoms with Gasteiger partial charge in [0.25, 0.3) is 0 Å². The van der Waals surface area contributed by atoms with Crippen LogP contribution in [0, 0.1) is 0 Å². The molecule has 0 bridgehead atoms. The number of carbonyl (C=O) groups excluding carboxylic acids is 1. The van der Waals surface area contributed by atoms with E-state index in [9.17, 15) is 9.90 Å². The van der Waals surface area contributed by atoms with Crippen molar-refractivity contribution in [3.8, 4) is 0 Å². The fourth-order valence-electron chi connectivity index (χ4n) is 1.70. The van der Waals surface area contributed by atoms with Gasteiger partial charge in [0.15, 0.2) is 0 Å². The monoisotopic (exact) mass is 260 g/mol. The number of nitrogens with zero attached hydrogens (tertiary/aromatic N) is 1. The largest absolute Gasteiger partial charge is 0.442 e. The Bertz CT molecular complexity index is 272. The fraction of sp³-hybridized carbons (Fsp3) is 0.917. The quantitative estimate of drug-likeness (QED) is 0.775. The van der Waals surface area contributed by atoms with Crippen molar-refractivity contribution in [3.63, 3.8) is 0 Å². The predicted molar refractivity (Wildman–Crippen MR) is 67.2 cm³/mol. The van der Waals surface area contributed by atoms with E-state index < -0.39 is 18.4 Å². The third-order valence-corrected chi connectivity index (χ3v) is 2.61. The molecule has 1 heterocycles. The number of carbonyl (C=O) groups is 1. The summed E-state index contributed by atoms with van der Waals surface area (Å²) in [7, 11) is 0. The maximum Gasteiger partial charge on any atom is 0.407 e. The van der Waals surface area contributed by atoms with Crippen molar-refractivity contribution >= 4 is 6.09 Å². The van der Waals surface area contributed by atoms with Crippen molar-refractivity contribution in [3.05, 3.63) is 0 Å². The van der Waals surface area contributed by atoms with Crippen molar-refractivity contribution in [1.82, 2.24) is 10.2 Å². The van der Waals surface area contributed by atoms with E-state index in [1.165, 1.54) is 0 Å². The molecule has 6 heteroatoms. The zero-order chi connectivity index (χ0) is 13.8. The lowest BCUT2D eigenvalue weighted by Crippen LogP contribution is -2.51. The summed E-state index contributed by atoms with van der Waals surface area (Å²) in [5, 5.41) is 12.7. The smallest absolute Gasteiger partial charge is 0.407 e. The summed E-state index contributed by atoms with van der Waals surface area (Å²) in [6.45, 7) is 9.79. The van der Waals surface area contributed by atoms with E-state index in [0.29, 0.717) is 26.3 Å². The SMILES string of the molecule is CC(OC(=O)NC(C)(C)C)C(O)N1CCOCC1. The first-order valence-corrected chi connectivity index (χ1v) is 6.28. The summed E-state index contributed by atoms with van der Waals surface area (Å²) >= 11 is 0. The molecule has 1 aliphatic heterocycles. The number of hydrogen-bond acceptors (Lipinski definition) is 5. The zero-order valence-electron chi connectivity index (χ0n) is 11.6. The molecule has 0 aromatic carbocycles. The molecule has 0 aliphatic carbocycles. The maximum absolute atomic E-state index is 11.6. The average Bonchev–Trinajstić information content (AvgIpc) is 2.26. The van der Waals surface area contributed by atoms with Gasteiger partial charge >= 0.3 is 6.09 Å². The predicted octanol–water partition coefficient (Wildman–Crippen LogP) is 0.550. The lowest BCUT2D eigenvalue weighted by Gasteiger charge is -2.34. The van der Waals surface area contributed by atoms with E-state index in [1.807, 2.05) is 25.7 Å². The molecule has 2 atom stereocenters. The molecule has 0 spiro atoms. The molecule has 1 fully saturated rings. The van der Waals surface area contributed by atoms with Crippen molar-refractivity contribution in [1.29, 1.82) is 0 Å². The van der Waals surface area contributed by atoms with Crippen LogP contribution in [0.15, 0.2) is 0 Å². The molecule has 0 radical (unpaired) electrons. The minimum absolute atomic E-state index is 0.347. The molecule has 6 nitrogen and oxygen atoms in total. The standard InChI is InChI=1S/C12H24N2O4/c1-9(18-11(16)13-12(2,3)4)10(15)14-5-7-17-8-6-14/h9-10,15H,5-8H2,1-4H3,(H,13,16). The number of aliphatic hydroxyl groups is 1. The molecule has 18 heavy (non-hydrogen) atoms. The van der Waals surface area contributed by atoms with Gasteiger partial charge in [-0.25, -0.2) is 4.79 Å². The molecule has 0 aromatic heterocycles. The Morgan fingerprint density at radius 3 is 2.44 bits per heavy atom. The van der Waals surface area contributed by atoms with Crippen molar-refractivity contribution in [2.24, 2.45) is 0 Å². The van der Waals surface area contributed by atoms with Gasteiger partial charge in [-0.3, -0.25) is 4.90 Å². The van der Waals surface area contributed by atoms with Crippen LogP contribution >= 0.6 is 0 Å². The van der Waals surface area contributed by atoms with Crippen LogP contribution in [0.4, 0.5) is 4.79 Å². The molecule has 2 N–H and O–H groups in total. The first-order valence-electron chi connectivity index (χ1n) is 6.28. The highest BCUT2D eigenvalue weighted by Crippen LogP contribution is 2.09.